The zero-order chi connectivity index (χ0) is 10.1. The molecule has 0 aliphatic heterocycles. The molecule has 0 N–H and O–H groups in total. The first-order valence-corrected chi connectivity index (χ1v) is 4.63. The zero-order valence-electron chi connectivity index (χ0n) is 8.73. The number of hydrogen-bond donors (Lipinski definition) is 0. The summed E-state index contributed by atoms with van der Waals surface area (Å²) in [5.41, 5.74) is 3.41. The van der Waals surface area contributed by atoms with Crippen LogP contribution >= 0.6 is 0 Å². The molecule has 0 bridgehead atoms. The molecule has 14 heavy (non-hydrogen) atoms. The Labute approximate surface area is 83.2 Å². The van der Waals surface area contributed by atoms with E-state index in [1.54, 1.807) is 6.33 Å². The van der Waals surface area contributed by atoms with Gasteiger partial charge in [0.15, 0.2) is 0 Å². The van der Waals surface area contributed by atoms with Gasteiger partial charge in [-0.3, -0.25) is 4.68 Å². The monoisotopic (exact) mass is 190 g/mol. The van der Waals surface area contributed by atoms with E-state index in [0.29, 0.717) is 0 Å². The predicted octanol–water partition coefficient (Wildman–Crippen LogP) is 1.28. The average Bonchev–Trinajstić information content (AvgIpc) is 2.62. The van der Waals surface area contributed by atoms with E-state index in [9.17, 15) is 0 Å². The predicted molar refractivity (Wildman–Crippen MR) is 54.0 cm³/mol. The standard InChI is InChI=1S/C10H14N4/c1-8-4-9(2)14(12-8)6-10-5-11-7-13(10)3/h4-5,7H,6H2,1-3H3. The lowest BCUT2D eigenvalue weighted by Gasteiger charge is -2.04. The molecule has 2 aromatic rings. The maximum atomic E-state index is 4.40. The van der Waals surface area contributed by atoms with Gasteiger partial charge in [0.1, 0.15) is 0 Å². The van der Waals surface area contributed by atoms with Crippen molar-refractivity contribution in [1.82, 2.24) is 19.3 Å². The lowest BCUT2D eigenvalue weighted by molar-refractivity contribution is 0.627. The molecule has 0 saturated carbocycles. The molecular weight excluding hydrogens is 176 g/mol. The minimum Gasteiger partial charge on any atom is -0.336 e. The van der Waals surface area contributed by atoms with Crippen molar-refractivity contribution in [2.75, 3.05) is 0 Å². The van der Waals surface area contributed by atoms with Crippen LogP contribution in [0.1, 0.15) is 17.1 Å². The van der Waals surface area contributed by atoms with Crippen LogP contribution in [0, 0.1) is 13.8 Å². The Morgan fingerprint density at radius 3 is 2.64 bits per heavy atom. The maximum absolute atomic E-state index is 4.40. The van der Waals surface area contributed by atoms with Crippen molar-refractivity contribution in [2.24, 2.45) is 7.05 Å². The second kappa shape index (κ2) is 3.29. The second-order valence-electron chi connectivity index (χ2n) is 3.58. The summed E-state index contributed by atoms with van der Waals surface area (Å²) < 4.78 is 4.00. The number of imidazole rings is 1. The summed E-state index contributed by atoms with van der Waals surface area (Å²) in [7, 11) is 1.99. The van der Waals surface area contributed by atoms with Crippen molar-refractivity contribution >= 4 is 0 Å². The van der Waals surface area contributed by atoms with Crippen molar-refractivity contribution in [3.05, 3.63) is 35.7 Å². The molecule has 2 aromatic heterocycles. The van der Waals surface area contributed by atoms with E-state index >= 15 is 0 Å². The van der Waals surface area contributed by atoms with Crippen molar-refractivity contribution in [3.63, 3.8) is 0 Å². The largest absolute Gasteiger partial charge is 0.336 e. The Morgan fingerprint density at radius 1 is 1.36 bits per heavy atom. The van der Waals surface area contributed by atoms with Gasteiger partial charge in [-0.2, -0.15) is 5.10 Å². The van der Waals surface area contributed by atoms with Crippen LogP contribution in [-0.2, 0) is 13.6 Å². The molecule has 0 saturated heterocycles. The van der Waals surface area contributed by atoms with Crippen LogP contribution in [0.25, 0.3) is 0 Å². The smallest absolute Gasteiger partial charge is 0.0946 e. The van der Waals surface area contributed by atoms with Crippen molar-refractivity contribution < 1.29 is 0 Å². The van der Waals surface area contributed by atoms with Gasteiger partial charge < -0.3 is 4.57 Å². The van der Waals surface area contributed by atoms with Gasteiger partial charge in [-0.15, -0.1) is 0 Å². The summed E-state index contributed by atoms with van der Waals surface area (Å²) in [6.07, 6.45) is 3.68. The van der Waals surface area contributed by atoms with Crippen LogP contribution in [0.4, 0.5) is 0 Å². The van der Waals surface area contributed by atoms with Gasteiger partial charge in [0.05, 0.1) is 30.5 Å². The third kappa shape index (κ3) is 1.55. The minimum atomic E-state index is 0.788. The molecule has 0 aliphatic rings. The van der Waals surface area contributed by atoms with Crippen LogP contribution in [-0.4, -0.2) is 19.3 Å². The van der Waals surface area contributed by atoms with Crippen LogP contribution in [0.2, 0.25) is 0 Å². The highest BCUT2D eigenvalue weighted by Crippen LogP contribution is 2.05. The normalized spacial score (nSPS) is 10.8. The Balaban J connectivity index is 2.27. The van der Waals surface area contributed by atoms with Crippen LogP contribution in [0.5, 0.6) is 0 Å². The van der Waals surface area contributed by atoms with E-state index in [1.807, 2.05) is 29.4 Å². The summed E-state index contributed by atoms with van der Waals surface area (Å²) >= 11 is 0. The van der Waals surface area contributed by atoms with Crippen molar-refractivity contribution in [3.8, 4) is 0 Å². The van der Waals surface area contributed by atoms with Crippen LogP contribution in [0.15, 0.2) is 18.6 Å². The van der Waals surface area contributed by atoms with Gasteiger partial charge in [-0.1, -0.05) is 0 Å². The average molecular weight is 190 g/mol. The van der Waals surface area contributed by atoms with Crippen molar-refractivity contribution in [2.45, 2.75) is 20.4 Å². The molecule has 0 unspecified atom stereocenters. The fourth-order valence-electron chi connectivity index (χ4n) is 1.53. The molecular formula is C10H14N4. The van der Waals surface area contributed by atoms with Crippen LogP contribution in [0.3, 0.4) is 0 Å². The highest BCUT2D eigenvalue weighted by molar-refractivity contribution is 5.09. The molecule has 0 aromatic carbocycles. The summed E-state index contributed by atoms with van der Waals surface area (Å²) in [4.78, 5) is 4.08. The quantitative estimate of drug-likeness (QED) is 0.715. The molecule has 0 amide bonds. The Morgan fingerprint density at radius 2 is 2.14 bits per heavy atom. The highest BCUT2D eigenvalue weighted by atomic mass is 15.3. The lowest BCUT2D eigenvalue weighted by atomic mass is 10.4. The van der Waals surface area contributed by atoms with E-state index in [0.717, 1.165) is 17.9 Å². The van der Waals surface area contributed by atoms with E-state index in [4.69, 9.17) is 0 Å². The fraction of sp³-hybridized carbons (Fsp3) is 0.400. The fourth-order valence-corrected chi connectivity index (χ4v) is 1.53. The van der Waals surface area contributed by atoms with Gasteiger partial charge in [0.2, 0.25) is 0 Å². The zero-order valence-corrected chi connectivity index (χ0v) is 8.73. The van der Waals surface area contributed by atoms with Gasteiger partial charge in [-0.05, 0) is 19.9 Å². The SMILES string of the molecule is Cc1cc(C)n(Cc2cncn2C)n1. The van der Waals surface area contributed by atoms with Gasteiger partial charge in [0.25, 0.3) is 0 Å². The number of aromatic nitrogens is 4. The Bertz CT molecular complexity index is 439. The molecule has 4 nitrogen and oxygen atoms in total. The highest BCUT2D eigenvalue weighted by Gasteiger charge is 2.03. The number of rotatable bonds is 2. The number of hydrogen-bond acceptors (Lipinski definition) is 2. The first-order chi connectivity index (χ1) is 6.66. The summed E-state index contributed by atoms with van der Waals surface area (Å²) in [5, 5.41) is 4.40. The molecule has 0 radical (unpaired) electrons. The van der Waals surface area contributed by atoms with Gasteiger partial charge >= 0.3 is 0 Å². The summed E-state index contributed by atoms with van der Waals surface area (Å²) in [6, 6.07) is 2.08. The Kier molecular flexibility index (Phi) is 2.11. The van der Waals surface area contributed by atoms with E-state index in [2.05, 4.69) is 23.1 Å². The van der Waals surface area contributed by atoms with Crippen molar-refractivity contribution in [1.29, 1.82) is 0 Å². The van der Waals surface area contributed by atoms with Gasteiger partial charge in [-0.25, -0.2) is 4.98 Å². The second-order valence-corrected chi connectivity index (χ2v) is 3.58. The first-order valence-electron chi connectivity index (χ1n) is 4.63. The molecule has 74 valence electrons. The summed E-state index contributed by atoms with van der Waals surface area (Å²) in [6.45, 7) is 4.86. The van der Waals surface area contributed by atoms with E-state index in [1.165, 1.54) is 5.69 Å². The first kappa shape index (κ1) is 8.99. The number of aryl methyl sites for hydroxylation is 3. The molecule has 0 spiro atoms. The lowest BCUT2D eigenvalue weighted by Crippen LogP contribution is -2.07. The van der Waals surface area contributed by atoms with E-state index < -0.39 is 0 Å². The third-order valence-corrected chi connectivity index (χ3v) is 2.33. The molecule has 2 heterocycles. The number of nitrogens with zero attached hydrogens (tertiary/aromatic N) is 4. The van der Waals surface area contributed by atoms with E-state index in [-0.39, 0.29) is 0 Å². The third-order valence-electron chi connectivity index (χ3n) is 2.33. The van der Waals surface area contributed by atoms with Crippen LogP contribution < -0.4 is 0 Å². The molecule has 0 aliphatic carbocycles. The molecule has 2 rings (SSSR count). The molecule has 0 fully saturated rings. The Hall–Kier alpha value is -1.58. The molecule has 0 atom stereocenters. The minimum absolute atomic E-state index is 0.788. The van der Waals surface area contributed by atoms with Gasteiger partial charge in [0, 0.05) is 12.7 Å². The summed E-state index contributed by atoms with van der Waals surface area (Å²) in [5.74, 6) is 0. The topological polar surface area (TPSA) is 35.6 Å². The maximum Gasteiger partial charge on any atom is 0.0946 e. The molecule has 4 heteroatoms.